The maximum absolute atomic E-state index is 11.2. The van der Waals surface area contributed by atoms with Crippen LogP contribution in [-0.4, -0.2) is 23.2 Å². The summed E-state index contributed by atoms with van der Waals surface area (Å²) in [5, 5.41) is 0. The first kappa shape index (κ1) is 13.6. The van der Waals surface area contributed by atoms with Crippen molar-refractivity contribution in [1.82, 2.24) is 0 Å². The van der Waals surface area contributed by atoms with Crippen molar-refractivity contribution >= 4 is 17.5 Å². The molecule has 1 unspecified atom stereocenters. The van der Waals surface area contributed by atoms with E-state index < -0.39 is 0 Å². The average molecular weight is 264 g/mol. The minimum Gasteiger partial charge on any atom is -0.371 e. The topological polar surface area (TPSA) is 26.3 Å². The lowest BCUT2D eigenvalue weighted by molar-refractivity contribution is -0.00466. The zero-order valence-corrected chi connectivity index (χ0v) is 12.0. The molecule has 1 heterocycles. The van der Waals surface area contributed by atoms with Crippen LogP contribution in [0.3, 0.4) is 0 Å². The Hall–Kier alpha value is -0.800. The van der Waals surface area contributed by atoms with Crippen LogP contribution in [0.4, 0.5) is 0 Å². The number of carbonyl (C=O) groups excluding carboxylic acids is 1. The average Bonchev–Trinajstić information content (AvgIpc) is 2.67. The lowest BCUT2D eigenvalue weighted by Crippen LogP contribution is -2.20. The Balaban J connectivity index is 1.85. The van der Waals surface area contributed by atoms with Crippen molar-refractivity contribution < 1.29 is 9.53 Å². The molecular formula is C15H20O2S. The molecule has 98 valence electrons. The second-order valence-corrected chi connectivity index (χ2v) is 6.52. The molecule has 1 atom stereocenters. The van der Waals surface area contributed by atoms with Gasteiger partial charge < -0.3 is 4.74 Å². The summed E-state index contributed by atoms with van der Waals surface area (Å²) in [4.78, 5) is 12.4. The third-order valence-corrected chi connectivity index (χ3v) is 4.39. The van der Waals surface area contributed by atoms with Crippen LogP contribution >= 0.6 is 11.8 Å². The molecule has 0 N–H and O–H groups in total. The fourth-order valence-electron chi connectivity index (χ4n) is 2.17. The van der Waals surface area contributed by atoms with Crippen LogP contribution in [0, 0.1) is 0 Å². The molecule has 0 bridgehead atoms. The number of ketones is 1. The zero-order chi connectivity index (χ0) is 13.2. The van der Waals surface area contributed by atoms with Gasteiger partial charge in [0.15, 0.2) is 5.78 Å². The van der Waals surface area contributed by atoms with Gasteiger partial charge in [0.05, 0.1) is 11.7 Å². The summed E-state index contributed by atoms with van der Waals surface area (Å²) >= 11 is 1.80. The highest BCUT2D eigenvalue weighted by molar-refractivity contribution is 7.99. The fraction of sp³-hybridized carbons (Fsp3) is 0.533. The summed E-state index contributed by atoms with van der Waals surface area (Å²) in [6, 6.07) is 7.82. The predicted octanol–water partition coefficient (Wildman–Crippen LogP) is 3.94. The van der Waals surface area contributed by atoms with Crippen molar-refractivity contribution in [2.24, 2.45) is 0 Å². The Morgan fingerprint density at radius 2 is 2.06 bits per heavy atom. The van der Waals surface area contributed by atoms with Gasteiger partial charge in [0.1, 0.15) is 0 Å². The van der Waals surface area contributed by atoms with Crippen molar-refractivity contribution in [2.45, 2.75) is 50.2 Å². The van der Waals surface area contributed by atoms with E-state index in [0.717, 1.165) is 24.2 Å². The van der Waals surface area contributed by atoms with Crippen LogP contribution in [0.2, 0.25) is 0 Å². The quantitative estimate of drug-likeness (QED) is 0.608. The van der Waals surface area contributed by atoms with Gasteiger partial charge in [-0.05, 0) is 45.7 Å². The first-order valence-electron chi connectivity index (χ1n) is 6.38. The maximum Gasteiger partial charge on any atom is 0.159 e. The molecule has 0 aliphatic carbocycles. The molecule has 2 rings (SSSR count). The Morgan fingerprint density at radius 3 is 2.56 bits per heavy atom. The van der Waals surface area contributed by atoms with E-state index in [1.807, 2.05) is 24.3 Å². The molecule has 0 saturated carbocycles. The summed E-state index contributed by atoms with van der Waals surface area (Å²) in [5.74, 6) is 1.11. The van der Waals surface area contributed by atoms with Gasteiger partial charge in [-0.15, -0.1) is 11.8 Å². The molecule has 1 fully saturated rings. The molecule has 1 aromatic rings. The first-order valence-corrected chi connectivity index (χ1v) is 7.36. The summed E-state index contributed by atoms with van der Waals surface area (Å²) in [6.07, 6.45) is 2.64. The van der Waals surface area contributed by atoms with Gasteiger partial charge >= 0.3 is 0 Å². The van der Waals surface area contributed by atoms with Crippen molar-refractivity contribution in [2.75, 3.05) is 5.75 Å². The highest BCUT2D eigenvalue weighted by Crippen LogP contribution is 2.32. The normalized spacial score (nSPS) is 22.1. The largest absolute Gasteiger partial charge is 0.371 e. The third kappa shape index (κ3) is 3.59. The van der Waals surface area contributed by atoms with Gasteiger partial charge in [0, 0.05) is 16.2 Å². The standard InChI is InChI=1S/C15H20O2S/c1-11(16)12-4-6-14(7-5-12)18-10-13-8-9-15(2,3)17-13/h4-7,13H,8-10H2,1-3H3. The smallest absolute Gasteiger partial charge is 0.159 e. The Morgan fingerprint density at radius 1 is 1.39 bits per heavy atom. The summed E-state index contributed by atoms with van der Waals surface area (Å²) in [5.41, 5.74) is 0.821. The number of ether oxygens (including phenoxy) is 1. The molecule has 0 radical (unpaired) electrons. The molecule has 2 nitrogen and oxygen atoms in total. The van der Waals surface area contributed by atoms with E-state index in [1.54, 1.807) is 18.7 Å². The number of hydrogen-bond donors (Lipinski definition) is 0. The monoisotopic (exact) mass is 264 g/mol. The van der Waals surface area contributed by atoms with Crippen LogP contribution in [-0.2, 0) is 4.74 Å². The van der Waals surface area contributed by atoms with E-state index in [0.29, 0.717) is 6.10 Å². The molecule has 1 aromatic carbocycles. The first-order chi connectivity index (χ1) is 8.46. The van der Waals surface area contributed by atoms with E-state index in [4.69, 9.17) is 4.74 Å². The SMILES string of the molecule is CC(=O)c1ccc(SCC2CCC(C)(C)O2)cc1. The van der Waals surface area contributed by atoms with Crippen molar-refractivity contribution in [3.8, 4) is 0 Å². The predicted molar refractivity (Wildman–Crippen MR) is 75.4 cm³/mol. The third-order valence-electron chi connectivity index (χ3n) is 3.25. The second-order valence-electron chi connectivity index (χ2n) is 5.43. The molecule has 1 aliphatic rings. The minimum absolute atomic E-state index is 0.0454. The Labute approximate surface area is 113 Å². The van der Waals surface area contributed by atoms with Gasteiger partial charge in [-0.1, -0.05) is 12.1 Å². The highest BCUT2D eigenvalue weighted by Gasteiger charge is 2.31. The van der Waals surface area contributed by atoms with Crippen LogP contribution in [0.25, 0.3) is 0 Å². The van der Waals surface area contributed by atoms with Gasteiger partial charge in [-0.2, -0.15) is 0 Å². The Kier molecular flexibility index (Phi) is 4.13. The number of rotatable bonds is 4. The Bertz CT molecular complexity index is 423. The second kappa shape index (κ2) is 5.45. The highest BCUT2D eigenvalue weighted by atomic mass is 32.2. The number of benzene rings is 1. The van der Waals surface area contributed by atoms with E-state index >= 15 is 0 Å². The number of Topliss-reactive ketones (excluding diaryl/α,β-unsaturated/α-hetero) is 1. The number of hydrogen-bond acceptors (Lipinski definition) is 3. The maximum atomic E-state index is 11.2. The van der Waals surface area contributed by atoms with Gasteiger partial charge in [-0.25, -0.2) is 0 Å². The van der Waals surface area contributed by atoms with Gasteiger partial charge in [-0.3, -0.25) is 4.79 Å². The number of carbonyl (C=O) groups is 1. The molecule has 0 aromatic heterocycles. The summed E-state index contributed by atoms with van der Waals surface area (Å²) < 4.78 is 5.96. The molecule has 3 heteroatoms. The van der Waals surface area contributed by atoms with Crippen molar-refractivity contribution in [3.63, 3.8) is 0 Å². The van der Waals surface area contributed by atoms with Crippen molar-refractivity contribution in [1.29, 1.82) is 0 Å². The lowest BCUT2D eigenvalue weighted by atomic mass is 10.1. The van der Waals surface area contributed by atoms with E-state index in [1.165, 1.54) is 4.90 Å². The zero-order valence-electron chi connectivity index (χ0n) is 11.2. The molecule has 1 aliphatic heterocycles. The van der Waals surface area contributed by atoms with E-state index in [2.05, 4.69) is 13.8 Å². The molecular weight excluding hydrogens is 244 g/mol. The van der Waals surface area contributed by atoms with Crippen LogP contribution in [0.15, 0.2) is 29.2 Å². The summed E-state index contributed by atoms with van der Waals surface area (Å²) in [7, 11) is 0. The fourth-order valence-corrected chi connectivity index (χ4v) is 3.11. The molecule has 18 heavy (non-hydrogen) atoms. The van der Waals surface area contributed by atoms with E-state index in [-0.39, 0.29) is 11.4 Å². The van der Waals surface area contributed by atoms with E-state index in [9.17, 15) is 4.79 Å². The lowest BCUT2D eigenvalue weighted by Gasteiger charge is -2.19. The van der Waals surface area contributed by atoms with Gasteiger partial charge in [0.25, 0.3) is 0 Å². The van der Waals surface area contributed by atoms with Crippen LogP contribution in [0.1, 0.15) is 44.0 Å². The minimum atomic E-state index is 0.0454. The van der Waals surface area contributed by atoms with Gasteiger partial charge in [0.2, 0.25) is 0 Å². The molecule has 0 spiro atoms. The molecule has 1 saturated heterocycles. The van der Waals surface area contributed by atoms with Crippen molar-refractivity contribution in [3.05, 3.63) is 29.8 Å². The van der Waals surface area contributed by atoms with Crippen LogP contribution < -0.4 is 0 Å². The number of thioether (sulfide) groups is 1. The summed E-state index contributed by atoms with van der Waals surface area (Å²) in [6.45, 7) is 5.90. The van der Waals surface area contributed by atoms with Crippen LogP contribution in [0.5, 0.6) is 0 Å². The molecule has 0 amide bonds.